The van der Waals surface area contributed by atoms with E-state index in [0.717, 1.165) is 12.1 Å². The van der Waals surface area contributed by atoms with E-state index in [9.17, 15) is 14.0 Å². The number of benzene rings is 2. The molecule has 2 aromatic rings. The van der Waals surface area contributed by atoms with Crippen molar-refractivity contribution in [1.82, 2.24) is 9.80 Å². The lowest BCUT2D eigenvalue weighted by molar-refractivity contribution is -0.117. The van der Waals surface area contributed by atoms with Crippen molar-refractivity contribution in [2.75, 3.05) is 37.6 Å². The Kier molecular flexibility index (Phi) is 5.83. The van der Waals surface area contributed by atoms with Crippen molar-refractivity contribution in [3.63, 3.8) is 0 Å². The Morgan fingerprint density at radius 2 is 1.79 bits per heavy atom. The molecular weight excluding hydrogens is 393 g/mol. The molecule has 4 rings (SSSR count). The lowest BCUT2D eigenvalue weighted by atomic mass is 10.1. The molecule has 0 saturated carbocycles. The van der Waals surface area contributed by atoms with Crippen LogP contribution in [0.1, 0.15) is 28.8 Å². The number of halogens is 2. The van der Waals surface area contributed by atoms with Crippen molar-refractivity contribution < 1.29 is 14.0 Å². The van der Waals surface area contributed by atoms with Crippen molar-refractivity contribution in [2.45, 2.75) is 19.4 Å². The normalized spacial score (nSPS) is 17.8. The quantitative estimate of drug-likeness (QED) is 0.766. The van der Waals surface area contributed by atoms with Crippen LogP contribution < -0.4 is 4.90 Å². The average molecular weight is 416 g/mol. The van der Waals surface area contributed by atoms with Gasteiger partial charge < -0.3 is 9.80 Å². The first-order valence-corrected chi connectivity index (χ1v) is 10.3. The SMILES string of the molecule is O=C(c1cccc(N2CCCC2=O)c1)N1CCN(Cc2c(F)cccc2Cl)CC1. The van der Waals surface area contributed by atoms with E-state index in [4.69, 9.17) is 11.6 Å². The molecule has 2 saturated heterocycles. The van der Waals surface area contributed by atoms with Crippen LogP contribution in [0.3, 0.4) is 0 Å². The maximum atomic E-state index is 14.0. The largest absolute Gasteiger partial charge is 0.336 e. The first-order chi connectivity index (χ1) is 14.0. The molecule has 0 spiro atoms. The van der Waals surface area contributed by atoms with Gasteiger partial charge in [0.05, 0.1) is 0 Å². The zero-order chi connectivity index (χ0) is 20.4. The second-order valence-electron chi connectivity index (χ2n) is 7.47. The molecule has 2 heterocycles. The topological polar surface area (TPSA) is 43.9 Å². The fraction of sp³-hybridized carbons (Fsp3) is 0.364. The van der Waals surface area contributed by atoms with Gasteiger partial charge in [-0.3, -0.25) is 14.5 Å². The van der Waals surface area contributed by atoms with Crippen LogP contribution in [0, 0.1) is 5.82 Å². The fourth-order valence-electron chi connectivity index (χ4n) is 3.93. The second kappa shape index (κ2) is 8.51. The van der Waals surface area contributed by atoms with Gasteiger partial charge in [-0.15, -0.1) is 0 Å². The van der Waals surface area contributed by atoms with E-state index < -0.39 is 0 Å². The number of hydrogen-bond acceptors (Lipinski definition) is 3. The Hall–Kier alpha value is -2.44. The Bertz CT molecular complexity index is 908. The highest BCUT2D eigenvalue weighted by atomic mass is 35.5. The maximum Gasteiger partial charge on any atom is 0.254 e. The zero-order valence-corrected chi connectivity index (χ0v) is 16.9. The summed E-state index contributed by atoms with van der Waals surface area (Å²) in [5.41, 5.74) is 1.87. The Balaban J connectivity index is 1.39. The molecule has 0 aliphatic carbocycles. The third-order valence-corrected chi connectivity index (χ3v) is 5.94. The minimum atomic E-state index is -0.302. The standard InChI is InChI=1S/C22H23ClFN3O2/c23-19-6-2-7-20(24)18(19)15-25-10-12-26(13-11-25)22(29)16-4-1-5-17(14-16)27-9-3-8-21(27)28/h1-2,4-7,14H,3,8-13,15H2. The van der Waals surface area contributed by atoms with Gasteiger partial charge in [0.1, 0.15) is 5.82 Å². The van der Waals surface area contributed by atoms with Crippen molar-refractivity contribution in [2.24, 2.45) is 0 Å². The van der Waals surface area contributed by atoms with Crippen LogP contribution in [0.2, 0.25) is 5.02 Å². The molecule has 7 heteroatoms. The van der Waals surface area contributed by atoms with Crippen LogP contribution in [-0.2, 0) is 11.3 Å². The minimum absolute atomic E-state index is 0.0398. The monoisotopic (exact) mass is 415 g/mol. The summed E-state index contributed by atoms with van der Waals surface area (Å²) in [5.74, 6) is -0.235. The number of rotatable bonds is 4. The highest BCUT2D eigenvalue weighted by Gasteiger charge is 2.25. The lowest BCUT2D eigenvalue weighted by Gasteiger charge is -2.35. The van der Waals surface area contributed by atoms with Crippen LogP contribution in [0.5, 0.6) is 0 Å². The number of hydrogen-bond donors (Lipinski definition) is 0. The van der Waals surface area contributed by atoms with Crippen molar-refractivity contribution in [3.8, 4) is 0 Å². The summed E-state index contributed by atoms with van der Waals surface area (Å²) in [4.78, 5) is 30.6. The second-order valence-corrected chi connectivity index (χ2v) is 7.88. The molecule has 152 valence electrons. The van der Waals surface area contributed by atoms with E-state index in [2.05, 4.69) is 4.90 Å². The van der Waals surface area contributed by atoms with E-state index in [0.29, 0.717) is 61.8 Å². The van der Waals surface area contributed by atoms with Crippen LogP contribution in [0.15, 0.2) is 42.5 Å². The summed E-state index contributed by atoms with van der Waals surface area (Å²) in [6, 6.07) is 12.0. The predicted octanol–water partition coefficient (Wildman–Crippen LogP) is 3.56. The van der Waals surface area contributed by atoms with Gasteiger partial charge in [-0.25, -0.2) is 4.39 Å². The molecule has 0 radical (unpaired) electrons. The van der Waals surface area contributed by atoms with Crippen LogP contribution in [0.25, 0.3) is 0 Å². The molecule has 2 fully saturated rings. The van der Waals surface area contributed by atoms with Gasteiger partial charge in [-0.1, -0.05) is 23.7 Å². The lowest BCUT2D eigenvalue weighted by Crippen LogP contribution is -2.48. The van der Waals surface area contributed by atoms with Gasteiger partial charge in [-0.2, -0.15) is 0 Å². The molecule has 0 atom stereocenters. The molecule has 29 heavy (non-hydrogen) atoms. The van der Waals surface area contributed by atoms with Crippen LogP contribution in [-0.4, -0.2) is 54.3 Å². The molecule has 0 N–H and O–H groups in total. The molecule has 0 unspecified atom stereocenters. The average Bonchev–Trinajstić information content (AvgIpc) is 3.17. The minimum Gasteiger partial charge on any atom is -0.336 e. The highest BCUT2D eigenvalue weighted by Crippen LogP contribution is 2.24. The number of carbonyl (C=O) groups excluding carboxylic acids is 2. The van der Waals surface area contributed by atoms with Gasteiger partial charge in [0, 0.05) is 67.5 Å². The molecule has 2 aliphatic heterocycles. The van der Waals surface area contributed by atoms with Crippen molar-refractivity contribution >= 4 is 29.1 Å². The van der Waals surface area contributed by atoms with Crippen LogP contribution in [0.4, 0.5) is 10.1 Å². The van der Waals surface area contributed by atoms with Gasteiger partial charge >= 0.3 is 0 Å². The molecule has 0 bridgehead atoms. The summed E-state index contributed by atoms with van der Waals surface area (Å²) < 4.78 is 14.0. The Morgan fingerprint density at radius 1 is 1.03 bits per heavy atom. The summed E-state index contributed by atoms with van der Waals surface area (Å²) >= 11 is 6.13. The number of carbonyl (C=O) groups is 2. The molecule has 5 nitrogen and oxygen atoms in total. The predicted molar refractivity (Wildman–Crippen MR) is 111 cm³/mol. The fourth-order valence-corrected chi connectivity index (χ4v) is 4.15. The summed E-state index contributed by atoms with van der Waals surface area (Å²) in [6.45, 7) is 3.57. The molecule has 0 aromatic heterocycles. The number of amides is 2. The Labute approximate surface area is 174 Å². The third kappa shape index (κ3) is 4.28. The highest BCUT2D eigenvalue weighted by molar-refractivity contribution is 6.31. The summed E-state index contributed by atoms with van der Waals surface area (Å²) in [7, 11) is 0. The smallest absolute Gasteiger partial charge is 0.254 e. The first kappa shape index (κ1) is 19.9. The molecule has 2 aliphatic rings. The summed E-state index contributed by atoms with van der Waals surface area (Å²) in [6.07, 6.45) is 1.41. The van der Waals surface area contributed by atoms with E-state index >= 15 is 0 Å². The van der Waals surface area contributed by atoms with Crippen molar-refractivity contribution in [1.29, 1.82) is 0 Å². The number of piperazine rings is 1. The maximum absolute atomic E-state index is 14.0. The number of nitrogens with zero attached hydrogens (tertiary/aromatic N) is 3. The van der Waals surface area contributed by atoms with Gasteiger partial charge in [0.15, 0.2) is 0 Å². The zero-order valence-electron chi connectivity index (χ0n) is 16.1. The first-order valence-electron chi connectivity index (χ1n) is 9.88. The number of anilines is 1. The van der Waals surface area contributed by atoms with Gasteiger partial charge in [-0.05, 0) is 36.8 Å². The van der Waals surface area contributed by atoms with Crippen LogP contribution >= 0.6 is 11.6 Å². The molecule has 2 amide bonds. The van der Waals surface area contributed by atoms with E-state index in [1.807, 2.05) is 17.0 Å². The van der Waals surface area contributed by atoms with Crippen molar-refractivity contribution in [3.05, 3.63) is 64.4 Å². The molecule has 2 aromatic carbocycles. The molecular formula is C22H23ClFN3O2. The Morgan fingerprint density at radius 3 is 2.48 bits per heavy atom. The van der Waals surface area contributed by atoms with E-state index in [-0.39, 0.29) is 17.6 Å². The van der Waals surface area contributed by atoms with E-state index in [1.54, 1.807) is 29.2 Å². The summed E-state index contributed by atoms with van der Waals surface area (Å²) in [5, 5.41) is 0.428. The third-order valence-electron chi connectivity index (χ3n) is 5.58. The van der Waals surface area contributed by atoms with E-state index in [1.165, 1.54) is 6.07 Å². The van der Waals surface area contributed by atoms with Gasteiger partial charge in [0.25, 0.3) is 5.91 Å². The van der Waals surface area contributed by atoms with Gasteiger partial charge in [0.2, 0.25) is 5.91 Å².